The Morgan fingerprint density at radius 3 is 2.39 bits per heavy atom. The number of hydrogen-bond acceptors (Lipinski definition) is 5. The third-order valence-electron chi connectivity index (χ3n) is 4.90. The topological polar surface area (TPSA) is 72.2 Å². The molecule has 33 heavy (non-hydrogen) atoms. The summed E-state index contributed by atoms with van der Waals surface area (Å²) in [4.78, 5) is 12.5. The van der Waals surface area contributed by atoms with Crippen LogP contribution in [0.3, 0.4) is 0 Å². The molecule has 3 aromatic carbocycles. The molecule has 0 spiro atoms. The standard InChI is InChI=1S/C25H22BrN5OS/c1-17-8-14-22(15-9-17)31-24(20-6-4-3-5-7-20)29-30-25(31)33-16-23(32)28-27-18(2)19-10-12-21(26)13-11-19/h3-15H,16H2,1-2H3,(H,28,32)/b27-18-. The first-order valence-corrected chi connectivity index (χ1v) is 12.1. The third kappa shape index (κ3) is 5.77. The molecule has 4 aromatic rings. The van der Waals surface area contributed by atoms with Gasteiger partial charge in [-0.2, -0.15) is 5.10 Å². The van der Waals surface area contributed by atoms with Crippen molar-refractivity contribution in [2.24, 2.45) is 5.10 Å². The van der Waals surface area contributed by atoms with E-state index in [0.717, 1.165) is 32.8 Å². The maximum absolute atomic E-state index is 12.5. The minimum atomic E-state index is -0.212. The molecule has 1 aromatic heterocycles. The van der Waals surface area contributed by atoms with Crippen molar-refractivity contribution in [1.29, 1.82) is 0 Å². The van der Waals surface area contributed by atoms with Crippen LogP contribution in [0.15, 0.2) is 93.6 Å². The van der Waals surface area contributed by atoms with Gasteiger partial charge in [-0.05, 0) is 43.7 Å². The molecule has 1 heterocycles. The van der Waals surface area contributed by atoms with Crippen molar-refractivity contribution in [1.82, 2.24) is 20.2 Å². The van der Waals surface area contributed by atoms with E-state index in [1.807, 2.05) is 97.3 Å². The fourth-order valence-electron chi connectivity index (χ4n) is 3.13. The van der Waals surface area contributed by atoms with Crippen LogP contribution in [-0.2, 0) is 4.79 Å². The number of carbonyl (C=O) groups is 1. The lowest BCUT2D eigenvalue weighted by Crippen LogP contribution is -2.21. The first-order chi connectivity index (χ1) is 16.0. The fraction of sp³-hybridized carbons (Fsp3) is 0.120. The lowest BCUT2D eigenvalue weighted by Gasteiger charge is -2.10. The Balaban J connectivity index is 1.51. The van der Waals surface area contributed by atoms with Crippen LogP contribution in [0.2, 0.25) is 0 Å². The van der Waals surface area contributed by atoms with Crippen LogP contribution < -0.4 is 5.43 Å². The number of aromatic nitrogens is 3. The molecule has 0 aliphatic heterocycles. The summed E-state index contributed by atoms with van der Waals surface area (Å²) in [7, 11) is 0. The molecule has 0 aliphatic rings. The summed E-state index contributed by atoms with van der Waals surface area (Å²) < 4.78 is 2.97. The number of rotatable bonds is 7. The average molecular weight is 520 g/mol. The van der Waals surface area contributed by atoms with Crippen LogP contribution in [0.25, 0.3) is 17.1 Å². The second kappa shape index (κ2) is 10.6. The molecule has 8 heteroatoms. The van der Waals surface area contributed by atoms with E-state index in [0.29, 0.717) is 5.16 Å². The van der Waals surface area contributed by atoms with Crippen molar-refractivity contribution < 1.29 is 4.79 Å². The van der Waals surface area contributed by atoms with Crippen molar-refractivity contribution in [3.8, 4) is 17.1 Å². The number of benzene rings is 3. The molecule has 1 N–H and O–H groups in total. The third-order valence-corrected chi connectivity index (χ3v) is 6.36. The van der Waals surface area contributed by atoms with Crippen molar-refractivity contribution in [2.45, 2.75) is 19.0 Å². The molecule has 0 bridgehead atoms. The van der Waals surface area contributed by atoms with Crippen LogP contribution in [0.4, 0.5) is 0 Å². The Labute approximate surface area is 205 Å². The van der Waals surface area contributed by atoms with Crippen LogP contribution in [-0.4, -0.2) is 32.1 Å². The zero-order valence-corrected chi connectivity index (χ0v) is 20.6. The highest BCUT2D eigenvalue weighted by molar-refractivity contribution is 9.10. The van der Waals surface area contributed by atoms with Crippen molar-refractivity contribution >= 4 is 39.3 Å². The maximum Gasteiger partial charge on any atom is 0.250 e. The van der Waals surface area contributed by atoms with Gasteiger partial charge in [-0.25, -0.2) is 5.43 Å². The van der Waals surface area contributed by atoms with E-state index in [4.69, 9.17) is 0 Å². The molecule has 166 valence electrons. The monoisotopic (exact) mass is 519 g/mol. The molecule has 0 aliphatic carbocycles. The average Bonchev–Trinajstić information content (AvgIpc) is 3.26. The smallest absolute Gasteiger partial charge is 0.250 e. The number of nitrogens with zero attached hydrogens (tertiary/aromatic N) is 4. The van der Waals surface area contributed by atoms with Gasteiger partial charge in [0.2, 0.25) is 0 Å². The molecule has 0 saturated heterocycles. The van der Waals surface area contributed by atoms with E-state index < -0.39 is 0 Å². The normalized spacial score (nSPS) is 11.4. The number of thioether (sulfide) groups is 1. The summed E-state index contributed by atoms with van der Waals surface area (Å²) >= 11 is 4.74. The van der Waals surface area contributed by atoms with E-state index in [2.05, 4.69) is 36.7 Å². The molecular formula is C25H22BrN5OS. The summed E-state index contributed by atoms with van der Waals surface area (Å²) in [6.07, 6.45) is 0. The summed E-state index contributed by atoms with van der Waals surface area (Å²) in [6, 6.07) is 25.8. The molecule has 0 atom stereocenters. The van der Waals surface area contributed by atoms with E-state index in [-0.39, 0.29) is 11.7 Å². The highest BCUT2D eigenvalue weighted by atomic mass is 79.9. The molecule has 4 rings (SSSR count). The maximum atomic E-state index is 12.5. The largest absolute Gasteiger partial charge is 0.272 e. The molecule has 1 amide bonds. The van der Waals surface area contributed by atoms with Gasteiger partial charge in [0, 0.05) is 15.7 Å². The lowest BCUT2D eigenvalue weighted by atomic mass is 10.1. The predicted octanol–water partition coefficient (Wildman–Crippen LogP) is 5.64. The Morgan fingerprint density at radius 2 is 1.70 bits per heavy atom. The Morgan fingerprint density at radius 1 is 1.00 bits per heavy atom. The predicted molar refractivity (Wildman–Crippen MR) is 137 cm³/mol. The molecule has 0 fully saturated rings. The van der Waals surface area contributed by atoms with Crippen molar-refractivity contribution in [3.63, 3.8) is 0 Å². The zero-order chi connectivity index (χ0) is 23.2. The Bertz CT molecular complexity index is 1270. The number of aryl methyl sites for hydroxylation is 1. The van der Waals surface area contributed by atoms with Gasteiger partial charge in [-0.3, -0.25) is 9.36 Å². The minimum absolute atomic E-state index is 0.163. The first kappa shape index (κ1) is 22.9. The fourth-order valence-corrected chi connectivity index (χ4v) is 4.14. The minimum Gasteiger partial charge on any atom is -0.272 e. The van der Waals surface area contributed by atoms with Crippen LogP contribution in [0.1, 0.15) is 18.1 Å². The van der Waals surface area contributed by atoms with Crippen LogP contribution >= 0.6 is 27.7 Å². The second-order valence-electron chi connectivity index (χ2n) is 7.37. The van der Waals surface area contributed by atoms with Gasteiger partial charge in [0.1, 0.15) is 0 Å². The summed E-state index contributed by atoms with van der Waals surface area (Å²) in [6.45, 7) is 3.90. The van der Waals surface area contributed by atoms with Crippen LogP contribution in [0.5, 0.6) is 0 Å². The Hall–Kier alpha value is -3.23. The number of amides is 1. The summed E-state index contributed by atoms with van der Waals surface area (Å²) in [5.74, 6) is 0.679. The highest BCUT2D eigenvalue weighted by Crippen LogP contribution is 2.28. The number of nitrogens with one attached hydrogen (secondary N) is 1. The van der Waals surface area contributed by atoms with E-state index >= 15 is 0 Å². The number of carbonyl (C=O) groups excluding carboxylic acids is 1. The van der Waals surface area contributed by atoms with E-state index in [1.54, 1.807) is 0 Å². The molecule has 6 nitrogen and oxygen atoms in total. The zero-order valence-electron chi connectivity index (χ0n) is 18.2. The SMILES string of the molecule is C/C(=N/NC(=O)CSc1nnc(-c2ccccc2)n1-c1ccc(C)cc1)c1ccc(Br)cc1. The van der Waals surface area contributed by atoms with Crippen molar-refractivity contribution in [2.75, 3.05) is 5.75 Å². The summed E-state index contributed by atoms with van der Waals surface area (Å²) in [5, 5.41) is 13.6. The van der Waals surface area contributed by atoms with E-state index in [9.17, 15) is 4.79 Å². The molecule has 0 radical (unpaired) electrons. The van der Waals surface area contributed by atoms with Gasteiger partial charge in [-0.1, -0.05) is 87.9 Å². The van der Waals surface area contributed by atoms with Crippen LogP contribution in [0, 0.1) is 6.92 Å². The quantitative estimate of drug-likeness (QED) is 0.195. The lowest BCUT2D eigenvalue weighted by molar-refractivity contribution is -0.118. The number of hydrazone groups is 1. The molecule has 0 unspecified atom stereocenters. The van der Waals surface area contributed by atoms with Gasteiger partial charge in [0.05, 0.1) is 11.5 Å². The first-order valence-electron chi connectivity index (χ1n) is 10.3. The van der Waals surface area contributed by atoms with Gasteiger partial charge in [0.15, 0.2) is 11.0 Å². The van der Waals surface area contributed by atoms with E-state index in [1.165, 1.54) is 17.3 Å². The molecular weight excluding hydrogens is 498 g/mol. The van der Waals surface area contributed by atoms with Gasteiger partial charge >= 0.3 is 0 Å². The van der Waals surface area contributed by atoms with Gasteiger partial charge < -0.3 is 0 Å². The highest BCUT2D eigenvalue weighted by Gasteiger charge is 2.17. The van der Waals surface area contributed by atoms with Crippen molar-refractivity contribution in [3.05, 3.63) is 94.5 Å². The summed E-state index contributed by atoms with van der Waals surface area (Å²) in [5.41, 5.74) is 7.37. The molecule has 0 saturated carbocycles. The van der Waals surface area contributed by atoms with Gasteiger partial charge in [0.25, 0.3) is 5.91 Å². The van der Waals surface area contributed by atoms with Gasteiger partial charge in [-0.15, -0.1) is 10.2 Å². The number of halogens is 1. The number of hydrogen-bond donors (Lipinski definition) is 1. The second-order valence-corrected chi connectivity index (χ2v) is 9.23. The Kier molecular flexibility index (Phi) is 7.36.